The molecule has 0 aliphatic carbocycles. The number of unbranched alkanes of at least 4 members (excludes halogenated alkanes) is 1. The summed E-state index contributed by atoms with van der Waals surface area (Å²) >= 11 is 6.31. The van der Waals surface area contributed by atoms with Crippen LogP contribution in [0.1, 0.15) is 52.8 Å². The van der Waals surface area contributed by atoms with Crippen molar-refractivity contribution in [3.8, 4) is 22.6 Å². The number of benzene rings is 3. The van der Waals surface area contributed by atoms with Gasteiger partial charge in [0.05, 0.1) is 6.04 Å². The van der Waals surface area contributed by atoms with Gasteiger partial charge in [-0.1, -0.05) is 67.8 Å². The Morgan fingerprint density at radius 1 is 0.830 bits per heavy atom. The summed E-state index contributed by atoms with van der Waals surface area (Å²) in [6.07, 6.45) is 4.02. The van der Waals surface area contributed by atoms with E-state index >= 15 is 0 Å². The molecule has 0 saturated heterocycles. The van der Waals surface area contributed by atoms with Gasteiger partial charge in [-0.05, 0) is 54.4 Å². The van der Waals surface area contributed by atoms with E-state index < -0.39 is 53.3 Å². The van der Waals surface area contributed by atoms with Crippen molar-refractivity contribution in [2.24, 2.45) is 0 Å². The van der Waals surface area contributed by atoms with E-state index in [4.69, 9.17) is 16.0 Å². The van der Waals surface area contributed by atoms with Gasteiger partial charge < -0.3 is 15.1 Å². The number of amides is 2. The molecule has 1 unspecified atom stereocenters. The average Bonchev–Trinajstić information content (AvgIpc) is 3.59. The van der Waals surface area contributed by atoms with Gasteiger partial charge in [-0.2, -0.15) is 0 Å². The maximum atomic E-state index is 14.7. The van der Waals surface area contributed by atoms with Crippen LogP contribution in [-0.4, -0.2) is 44.9 Å². The van der Waals surface area contributed by atoms with Crippen molar-refractivity contribution in [1.29, 1.82) is 0 Å². The molecule has 2 aromatic heterocycles. The fourth-order valence-electron chi connectivity index (χ4n) is 4.91. The highest BCUT2D eigenvalue weighted by Gasteiger charge is 2.31. The van der Waals surface area contributed by atoms with Gasteiger partial charge in [0.2, 0.25) is 17.6 Å². The van der Waals surface area contributed by atoms with Gasteiger partial charge in [-0.25, -0.2) is 8.78 Å². The molecule has 47 heavy (non-hydrogen) atoms. The van der Waals surface area contributed by atoms with Crippen LogP contribution >= 0.6 is 11.6 Å². The number of Topliss-reactive ketones (excluding diaryl/α,β-unsaturated/α-hetero) is 1. The Morgan fingerprint density at radius 2 is 1.53 bits per heavy atom. The summed E-state index contributed by atoms with van der Waals surface area (Å²) in [6, 6.07) is 17.8. The number of hydrogen-bond donors (Lipinski definition) is 2. The van der Waals surface area contributed by atoms with E-state index in [0.717, 1.165) is 23.3 Å². The van der Waals surface area contributed by atoms with Gasteiger partial charge in [0.25, 0.3) is 11.8 Å². The second-order valence-electron chi connectivity index (χ2n) is 10.7. The number of carbonyl (C=O) groups excluding carboxylic acids is 3. The first-order valence-electron chi connectivity index (χ1n) is 14.9. The van der Waals surface area contributed by atoms with Crippen LogP contribution in [-0.2, 0) is 11.2 Å². The Morgan fingerprint density at radius 3 is 2.21 bits per heavy atom. The fourth-order valence-corrected chi connectivity index (χ4v) is 5.16. The van der Waals surface area contributed by atoms with E-state index in [1.165, 1.54) is 18.5 Å². The molecule has 240 valence electrons. The number of hydrogen-bond acceptors (Lipinski definition) is 7. The lowest BCUT2D eigenvalue weighted by Gasteiger charge is -2.23. The number of aromatic nitrogens is 3. The summed E-state index contributed by atoms with van der Waals surface area (Å²) in [5.41, 5.74) is 1.89. The highest BCUT2D eigenvalue weighted by Crippen LogP contribution is 2.27. The zero-order valence-corrected chi connectivity index (χ0v) is 26.0. The minimum absolute atomic E-state index is 0.0945. The van der Waals surface area contributed by atoms with Crippen molar-refractivity contribution in [3.05, 3.63) is 125 Å². The summed E-state index contributed by atoms with van der Waals surface area (Å²) < 4.78 is 35.0. The Balaban J connectivity index is 1.38. The predicted octanol–water partition coefficient (Wildman–Crippen LogP) is 6.63. The molecule has 0 aliphatic rings. The van der Waals surface area contributed by atoms with Crippen LogP contribution in [0, 0.1) is 11.6 Å². The largest absolute Gasteiger partial charge is 0.414 e. The Hall–Kier alpha value is -5.29. The van der Waals surface area contributed by atoms with Crippen LogP contribution < -0.4 is 10.6 Å². The SMILES string of the molecule is CCCC[C@H](NC(=O)C(Cc1c(F)cccc1F)NC(=O)c1ccc(-c2ccccc2Cl)cc1)C(=O)c1nnc(-c2ccncc2)o1. The number of rotatable bonds is 13. The fraction of sp³-hybridized carbons (Fsp3) is 0.200. The molecule has 5 rings (SSSR count). The average molecular weight is 658 g/mol. The van der Waals surface area contributed by atoms with E-state index in [2.05, 4.69) is 25.8 Å². The summed E-state index contributed by atoms with van der Waals surface area (Å²) in [5, 5.41) is 13.6. The lowest BCUT2D eigenvalue weighted by atomic mass is 10.0. The number of ketones is 1. The van der Waals surface area contributed by atoms with Crippen LogP contribution in [0.3, 0.4) is 0 Å². The Kier molecular flexibility index (Phi) is 10.8. The summed E-state index contributed by atoms with van der Waals surface area (Å²) in [7, 11) is 0. The summed E-state index contributed by atoms with van der Waals surface area (Å²) in [6.45, 7) is 1.92. The van der Waals surface area contributed by atoms with Crippen molar-refractivity contribution in [1.82, 2.24) is 25.8 Å². The third kappa shape index (κ3) is 8.11. The normalized spacial score (nSPS) is 12.3. The van der Waals surface area contributed by atoms with Gasteiger partial charge >= 0.3 is 0 Å². The van der Waals surface area contributed by atoms with E-state index in [9.17, 15) is 23.2 Å². The summed E-state index contributed by atoms with van der Waals surface area (Å²) in [5.74, 6) is -4.12. The molecule has 0 radical (unpaired) electrons. The molecule has 12 heteroatoms. The molecule has 0 bridgehead atoms. The topological polar surface area (TPSA) is 127 Å². The maximum absolute atomic E-state index is 14.7. The third-order valence-corrected chi connectivity index (χ3v) is 7.80. The lowest BCUT2D eigenvalue weighted by Crippen LogP contribution is -2.52. The van der Waals surface area contributed by atoms with Crippen LogP contribution in [0.4, 0.5) is 8.78 Å². The first-order valence-corrected chi connectivity index (χ1v) is 15.3. The Labute approximate surface area is 274 Å². The van der Waals surface area contributed by atoms with Crippen molar-refractivity contribution in [2.75, 3.05) is 0 Å². The zero-order valence-electron chi connectivity index (χ0n) is 25.3. The molecule has 0 spiro atoms. The zero-order chi connectivity index (χ0) is 33.3. The van der Waals surface area contributed by atoms with Crippen LogP contribution in [0.2, 0.25) is 5.02 Å². The third-order valence-electron chi connectivity index (χ3n) is 7.47. The van der Waals surface area contributed by atoms with Crippen molar-refractivity contribution < 1.29 is 27.6 Å². The molecule has 9 nitrogen and oxygen atoms in total. The minimum atomic E-state index is -1.45. The van der Waals surface area contributed by atoms with E-state index in [-0.39, 0.29) is 23.8 Å². The van der Waals surface area contributed by atoms with E-state index in [1.54, 1.807) is 48.5 Å². The smallest absolute Gasteiger partial charge is 0.286 e. The van der Waals surface area contributed by atoms with Gasteiger partial charge in [0.1, 0.15) is 17.7 Å². The number of nitrogens with one attached hydrogen (secondary N) is 2. The van der Waals surface area contributed by atoms with Gasteiger partial charge in [-0.15, -0.1) is 10.2 Å². The number of halogens is 3. The second-order valence-corrected chi connectivity index (χ2v) is 11.1. The molecular formula is C35H30ClF2N5O4. The number of carbonyl (C=O) groups is 3. The van der Waals surface area contributed by atoms with Gasteiger partial charge in [0, 0.05) is 46.1 Å². The Bertz CT molecular complexity index is 1850. The molecule has 5 aromatic rings. The standard InChI is InChI=1S/C35H30ClF2N5O4/c1-2-3-11-29(31(44)35-43-42-34(47-35)23-16-18-39-19-17-23)40-33(46)30(20-25-27(37)9-6-10-28(25)38)41-32(45)22-14-12-21(13-15-22)24-7-4-5-8-26(24)36/h4-10,12-19,29-30H,2-3,11,20H2,1H3,(H,40,46)(H,41,45)/t29-,30?/m0/s1. The molecule has 0 saturated carbocycles. The molecule has 2 atom stereocenters. The predicted molar refractivity (Wildman–Crippen MR) is 172 cm³/mol. The number of pyridine rings is 1. The second kappa shape index (κ2) is 15.3. The van der Waals surface area contributed by atoms with Gasteiger partial charge in [0.15, 0.2) is 0 Å². The monoisotopic (exact) mass is 657 g/mol. The van der Waals surface area contributed by atoms with E-state index in [1.807, 2.05) is 19.1 Å². The van der Waals surface area contributed by atoms with Crippen LogP contribution in [0.5, 0.6) is 0 Å². The van der Waals surface area contributed by atoms with Gasteiger partial charge in [-0.3, -0.25) is 19.4 Å². The first kappa shape index (κ1) is 33.1. The molecule has 2 N–H and O–H groups in total. The van der Waals surface area contributed by atoms with Crippen LogP contribution in [0.25, 0.3) is 22.6 Å². The summed E-state index contributed by atoms with van der Waals surface area (Å²) in [4.78, 5) is 44.5. The molecule has 2 amide bonds. The quantitative estimate of drug-likeness (QED) is 0.136. The molecule has 0 aliphatic heterocycles. The molecule has 0 fully saturated rings. The number of nitrogens with zero attached hydrogens (tertiary/aromatic N) is 3. The maximum Gasteiger partial charge on any atom is 0.286 e. The molecule has 3 aromatic carbocycles. The van der Waals surface area contributed by atoms with Crippen molar-refractivity contribution in [2.45, 2.75) is 44.7 Å². The lowest BCUT2D eigenvalue weighted by molar-refractivity contribution is -0.123. The highest BCUT2D eigenvalue weighted by molar-refractivity contribution is 6.33. The first-order chi connectivity index (χ1) is 22.7. The molecule has 2 heterocycles. The van der Waals surface area contributed by atoms with Crippen molar-refractivity contribution in [3.63, 3.8) is 0 Å². The van der Waals surface area contributed by atoms with Crippen LogP contribution in [0.15, 0.2) is 95.7 Å². The van der Waals surface area contributed by atoms with Crippen molar-refractivity contribution >= 4 is 29.2 Å². The van der Waals surface area contributed by atoms with E-state index in [0.29, 0.717) is 23.4 Å². The molecular weight excluding hydrogens is 628 g/mol. The minimum Gasteiger partial charge on any atom is -0.414 e. The highest BCUT2D eigenvalue weighted by atomic mass is 35.5.